The minimum Gasteiger partial charge on any atom is -0.342 e. The van der Waals surface area contributed by atoms with Crippen LogP contribution >= 0.6 is 0 Å². The summed E-state index contributed by atoms with van der Waals surface area (Å²) in [6.45, 7) is 9.07. The fourth-order valence-corrected chi connectivity index (χ4v) is 2.04. The van der Waals surface area contributed by atoms with E-state index in [0.29, 0.717) is 13.0 Å². The molecule has 0 spiro atoms. The largest absolute Gasteiger partial charge is 0.342 e. The maximum absolute atomic E-state index is 12.0. The Morgan fingerprint density at radius 3 is 2.40 bits per heavy atom. The highest BCUT2D eigenvalue weighted by atomic mass is 16.2. The molecule has 3 nitrogen and oxygen atoms in total. The Bertz CT molecular complexity index is 265. The minimum atomic E-state index is -0.282. The lowest BCUT2D eigenvalue weighted by atomic mass is 9.83. The number of carbonyl (C=O) groups excluding carboxylic acids is 2. The van der Waals surface area contributed by atoms with E-state index in [-0.39, 0.29) is 23.0 Å². The Kier molecular flexibility index (Phi) is 3.53. The molecular formula is C12H21NO2. The number of hydrogen-bond donors (Lipinski definition) is 0. The maximum atomic E-state index is 12.0. The summed E-state index contributed by atoms with van der Waals surface area (Å²) >= 11 is 0. The standard InChI is InChI=1S/C12H21NO2/c1-5-10(14)13-7-6-9(8-13)11(15)12(2,3)4/h9H,5-8H2,1-4H3. The zero-order valence-corrected chi connectivity index (χ0v) is 10.2. The van der Waals surface area contributed by atoms with Gasteiger partial charge in [-0.3, -0.25) is 9.59 Å². The monoisotopic (exact) mass is 211 g/mol. The van der Waals surface area contributed by atoms with E-state index < -0.39 is 0 Å². The van der Waals surface area contributed by atoms with Gasteiger partial charge in [0.15, 0.2) is 0 Å². The van der Waals surface area contributed by atoms with Crippen LogP contribution in [0.5, 0.6) is 0 Å². The van der Waals surface area contributed by atoms with Crippen molar-refractivity contribution in [3.05, 3.63) is 0 Å². The number of Topliss-reactive ketones (excluding diaryl/α,β-unsaturated/α-hetero) is 1. The van der Waals surface area contributed by atoms with Crippen LogP contribution in [0.15, 0.2) is 0 Å². The second-order valence-corrected chi connectivity index (χ2v) is 5.29. The molecule has 1 aliphatic heterocycles. The third-order valence-corrected chi connectivity index (χ3v) is 2.95. The fraction of sp³-hybridized carbons (Fsp3) is 0.833. The molecular weight excluding hydrogens is 190 g/mol. The van der Waals surface area contributed by atoms with Crippen molar-refractivity contribution in [2.45, 2.75) is 40.5 Å². The SMILES string of the molecule is CCC(=O)N1CCC(C(=O)C(C)(C)C)C1. The van der Waals surface area contributed by atoms with E-state index >= 15 is 0 Å². The first-order chi connectivity index (χ1) is 6.86. The van der Waals surface area contributed by atoms with Gasteiger partial charge in [0.25, 0.3) is 0 Å². The highest BCUT2D eigenvalue weighted by Crippen LogP contribution is 2.27. The Labute approximate surface area is 91.8 Å². The van der Waals surface area contributed by atoms with Crippen LogP contribution in [0, 0.1) is 11.3 Å². The van der Waals surface area contributed by atoms with E-state index in [4.69, 9.17) is 0 Å². The molecule has 1 amide bonds. The Morgan fingerprint density at radius 2 is 1.93 bits per heavy atom. The molecule has 15 heavy (non-hydrogen) atoms. The van der Waals surface area contributed by atoms with Gasteiger partial charge >= 0.3 is 0 Å². The van der Waals surface area contributed by atoms with Gasteiger partial charge < -0.3 is 4.90 Å². The molecule has 1 unspecified atom stereocenters. The van der Waals surface area contributed by atoms with Gasteiger partial charge in [-0.1, -0.05) is 27.7 Å². The van der Waals surface area contributed by atoms with Gasteiger partial charge in [-0.2, -0.15) is 0 Å². The molecule has 1 saturated heterocycles. The van der Waals surface area contributed by atoms with Gasteiger partial charge in [0.1, 0.15) is 5.78 Å². The summed E-state index contributed by atoms with van der Waals surface area (Å²) in [6, 6.07) is 0. The average Bonchev–Trinajstić information content (AvgIpc) is 2.62. The van der Waals surface area contributed by atoms with Crippen molar-refractivity contribution in [3.8, 4) is 0 Å². The van der Waals surface area contributed by atoms with Crippen molar-refractivity contribution >= 4 is 11.7 Å². The second-order valence-electron chi connectivity index (χ2n) is 5.29. The Hall–Kier alpha value is -0.860. The van der Waals surface area contributed by atoms with Crippen molar-refractivity contribution in [3.63, 3.8) is 0 Å². The molecule has 0 aromatic rings. The van der Waals surface area contributed by atoms with Gasteiger partial charge in [-0.05, 0) is 6.42 Å². The lowest BCUT2D eigenvalue weighted by Gasteiger charge is -2.21. The molecule has 0 aromatic heterocycles. The molecule has 1 atom stereocenters. The van der Waals surface area contributed by atoms with Crippen molar-refractivity contribution in [1.29, 1.82) is 0 Å². The smallest absolute Gasteiger partial charge is 0.222 e. The molecule has 0 aliphatic carbocycles. The highest BCUT2D eigenvalue weighted by Gasteiger charge is 2.35. The first kappa shape index (κ1) is 12.2. The quantitative estimate of drug-likeness (QED) is 0.699. The number of hydrogen-bond acceptors (Lipinski definition) is 2. The third-order valence-electron chi connectivity index (χ3n) is 2.95. The topological polar surface area (TPSA) is 37.4 Å². The van der Waals surface area contributed by atoms with E-state index in [9.17, 15) is 9.59 Å². The van der Waals surface area contributed by atoms with Crippen LogP contribution in [-0.2, 0) is 9.59 Å². The van der Waals surface area contributed by atoms with Gasteiger partial charge in [-0.25, -0.2) is 0 Å². The minimum absolute atomic E-state index is 0.0560. The summed E-state index contributed by atoms with van der Waals surface area (Å²) in [7, 11) is 0. The van der Waals surface area contributed by atoms with Crippen molar-refractivity contribution in [2.75, 3.05) is 13.1 Å². The first-order valence-corrected chi connectivity index (χ1v) is 5.68. The maximum Gasteiger partial charge on any atom is 0.222 e. The van der Waals surface area contributed by atoms with E-state index in [1.807, 2.05) is 32.6 Å². The molecule has 0 bridgehead atoms. The van der Waals surface area contributed by atoms with E-state index in [0.717, 1.165) is 13.0 Å². The van der Waals surface area contributed by atoms with E-state index in [1.54, 1.807) is 0 Å². The average molecular weight is 211 g/mol. The van der Waals surface area contributed by atoms with Gasteiger partial charge in [0.05, 0.1) is 0 Å². The molecule has 0 N–H and O–H groups in total. The Morgan fingerprint density at radius 1 is 1.33 bits per heavy atom. The molecule has 1 heterocycles. The molecule has 1 rings (SSSR count). The van der Waals surface area contributed by atoms with Crippen LogP contribution in [0.1, 0.15) is 40.5 Å². The van der Waals surface area contributed by atoms with Crippen LogP contribution < -0.4 is 0 Å². The number of carbonyl (C=O) groups is 2. The van der Waals surface area contributed by atoms with Crippen LogP contribution in [0.25, 0.3) is 0 Å². The van der Waals surface area contributed by atoms with Gasteiger partial charge in [-0.15, -0.1) is 0 Å². The number of amides is 1. The molecule has 3 heteroatoms. The van der Waals surface area contributed by atoms with Crippen molar-refractivity contribution < 1.29 is 9.59 Å². The summed E-state index contributed by atoms with van der Waals surface area (Å²) in [5.74, 6) is 0.508. The summed E-state index contributed by atoms with van der Waals surface area (Å²) in [4.78, 5) is 25.2. The second kappa shape index (κ2) is 4.33. The lowest BCUT2D eigenvalue weighted by molar-refractivity contribution is -0.131. The molecule has 86 valence electrons. The van der Waals surface area contributed by atoms with E-state index in [1.165, 1.54) is 0 Å². The molecule has 1 aliphatic rings. The third kappa shape index (κ3) is 2.80. The summed E-state index contributed by atoms with van der Waals surface area (Å²) in [5, 5.41) is 0. The summed E-state index contributed by atoms with van der Waals surface area (Å²) in [5.41, 5.74) is -0.282. The molecule has 0 radical (unpaired) electrons. The summed E-state index contributed by atoms with van der Waals surface area (Å²) in [6.07, 6.45) is 1.37. The number of ketones is 1. The number of likely N-dealkylation sites (tertiary alicyclic amines) is 1. The van der Waals surface area contributed by atoms with Gasteiger partial charge in [0, 0.05) is 30.8 Å². The first-order valence-electron chi connectivity index (χ1n) is 5.68. The molecule has 0 saturated carbocycles. The zero-order valence-electron chi connectivity index (χ0n) is 10.2. The van der Waals surface area contributed by atoms with Crippen molar-refractivity contribution in [2.24, 2.45) is 11.3 Å². The van der Waals surface area contributed by atoms with Crippen molar-refractivity contribution in [1.82, 2.24) is 4.90 Å². The van der Waals surface area contributed by atoms with Crippen LogP contribution in [0.3, 0.4) is 0 Å². The predicted octanol–water partition coefficient (Wildman–Crippen LogP) is 1.86. The number of nitrogens with zero attached hydrogens (tertiary/aromatic N) is 1. The van der Waals surface area contributed by atoms with Crippen LogP contribution in [0.4, 0.5) is 0 Å². The highest BCUT2D eigenvalue weighted by molar-refractivity contribution is 5.87. The zero-order chi connectivity index (χ0) is 11.6. The van der Waals surface area contributed by atoms with E-state index in [2.05, 4.69) is 0 Å². The van der Waals surface area contributed by atoms with Gasteiger partial charge in [0.2, 0.25) is 5.91 Å². The Balaban J connectivity index is 2.57. The molecule has 1 fully saturated rings. The number of rotatable bonds is 2. The normalized spacial score (nSPS) is 21.9. The lowest BCUT2D eigenvalue weighted by Crippen LogP contribution is -2.33. The van der Waals surface area contributed by atoms with Crippen LogP contribution in [-0.4, -0.2) is 29.7 Å². The van der Waals surface area contributed by atoms with Crippen LogP contribution in [0.2, 0.25) is 0 Å². The predicted molar refractivity (Wildman–Crippen MR) is 59.4 cm³/mol. The molecule has 0 aromatic carbocycles. The fourth-order valence-electron chi connectivity index (χ4n) is 2.04. The summed E-state index contributed by atoms with van der Waals surface area (Å²) < 4.78 is 0.